The van der Waals surface area contributed by atoms with Crippen molar-refractivity contribution in [3.05, 3.63) is 40.9 Å². The van der Waals surface area contributed by atoms with Crippen LogP contribution in [-0.2, 0) is 11.3 Å². The highest BCUT2D eigenvalue weighted by molar-refractivity contribution is 7.18. The third kappa shape index (κ3) is 5.44. The summed E-state index contributed by atoms with van der Waals surface area (Å²) in [7, 11) is 0. The normalized spacial score (nSPS) is 23.6. The van der Waals surface area contributed by atoms with Crippen LogP contribution in [0.2, 0.25) is 0 Å². The Morgan fingerprint density at radius 1 is 1.21 bits per heavy atom. The van der Waals surface area contributed by atoms with E-state index in [1.807, 2.05) is 11.3 Å². The number of nitrogens with zero attached hydrogens (tertiary/aromatic N) is 1. The first-order valence-corrected chi connectivity index (χ1v) is 12.0. The fraction of sp³-hybridized carbons (Fsp3) is 0.565. The number of piperazine rings is 1. The molecule has 0 saturated carbocycles. The summed E-state index contributed by atoms with van der Waals surface area (Å²) in [6.45, 7) is 8.20. The molecule has 4 rings (SSSR count). The van der Waals surface area contributed by atoms with Gasteiger partial charge in [-0.15, -0.1) is 11.3 Å². The number of allylic oxidation sites excluding steroid dienone is 1. The minimum atomic E-state index is 0.0411. The van der Waals surface area contributed by atoms with Gasteiger partial charge in [-0.3, -0.25) is 4.79 Å². The van der Waals surface area contributed by atoms with Gasteiger partial charge in [-0.2, -0.15) is 0 Å². The maximum Gasteiger partial charge on any atom is 0.278 e. The Labute approximate surface area is 177 Å². The molecule has 0 bridgehead atoms. The summed E-state index contributed by atoms with van der Waals surface area (Å²) < 4.78 is 1.28. The summed E-state index contributed by atoms with van der Waals surface area (Å²) in [4.78, 5) is 20.4. The van der Waals surface area contributed by atoms with Crippen molar-refractivity contribution >= 4 is 27.5 Å². The van der Waals surface area contributed by atoms with E-state index in [1.165, 1.54) is 45.9 Å². The molecule has 1 aliphatic carbocycles. The van der Waals surface area contributed by atoms with Crippen molar-refractivity contribution < 1.29 is 14.6 Å². The quantitative estimate of drug-likeness (QED) is 0.592. The number of aromatic nitrogens is 1. The smallest absolute Gasteiger partial charge is 0.278 e. The second-order valence-electron chi connectivity index (χ2n) is 8.53. The van der Waals surface area contributed by atoms with E-state index in [9.17, 15) is 4.79 Å². The molecule has 5 nitrogen and oxygen atoms in total. The lowest BCUT2D eigenvalue weighted by atomic mass is 9.97. The summed E-state index contributed by atoms with van der Waals surface area (Å²) >= 11 is 1.82. The molecule has 1 aliphatic heterocycles. The lowest BCUT2D eigenvalue weighted by molar-refractivity contribution is -1.02. The van der Waals surface area contributed by atoms with Gasteiger partial charge in [0, 0.05) is 6.54 Å². The van der Waals surface area contributed by atoms with Gasteiger partial charge in [0.05, 0.1) is 10.2 Å². The van der Waals surface area contributed by atoms with E-state index in [4.69, 9.17) is 4.98 Å². The number of carbonyl (C=O) groups is 1. The minimum Gasteiger partial charge on any atom is -0.351 e. The number of quaternary nitrogens is 2. The fourth-order valence-corrected chi connectivity index (χ4v) is 5.60. The van der Waals surface area contributed by atoms with Crippen LogP contribution in [0.4, 0.5) is 0 Å². The van der Waals surface area contributed by atoms with Crippen LogP contribution in [0.1, 0.15) is 44.0 Å². The van der Waals surface area contributed by atoms with Gasteiger partial charge in [0.25, 0.3) is 5.91 Å². The Kier molecular flexibility index (Phi) is 6.95. The number of para-hydroxylation sites is 1. The van der Waals surface area contributed by atoms with E-state index in [0.717, 1.165) is 51.2 Å². The molecule has 2 aliphatic rings. The molecule has 1 fully saturated rings. The lowest BCUT2D eigenvalue weighted by Crippen LogP contribution is -3.29. The summed E-state index contributed by atoms with van der Waals surface area (Å²) in [5.74, 6) is 0.214. The molecule has 1 amide bonds. The van der Waals surface area contributed by atoms with Gasteiger partial charge in [-0.25, -0.2) is 4.98 Å². The van der Waals surface area contributed by atoms with Gasteiger partial charge in [0.2, 0.25) is 0 Å². The van der Waals surface area contributed by atoms with Crippen LogP contribution < -0.4 is 15.1 Å². The zero-order valence-electron chi connectivity index (χ0n) is 17.5. The average molecular weight is 415 g/mol. The van der Waals surface area contributed by atoms with Crippen molar-refractivity contribution in [3.8, 4) is 0 Å². The molecular formula is C23H34N4OS+2. The van der Waals surface area contributed by atoms with Gasteiger partial charge >= 0.3 is 0 Å². The highest BCUT2D eigenvalue weighted by atomic mass is 32.1. The number of nitrogens with one attached hydrogen (secondary N) is 3. The Morgan fingerprint density at radius 3 is 2.79 bits per heavy atom. The van der Waals surface area contributed by atoms with Crippen LogP contribution >= 0.6 is 11.3 Å². The van der Waals surface area contributed by atoms with Gasteiger partial charge in [-0.05, 0) is 51.2 Å². The number of benzene rings is 1. The predicted octanol–water partition coefficient (Wildman–Crippen LogP) is 0.975. The Hall–Kier alpha value is -1.76. The molecule has 3 N–H and O–H groups in total. The van der Waals surface area contributed by atoms with E-state index in [2.05, 4.69) is 42.6 Å². The number of hydrogen-bond donors (Lipinski definition) is 3. The van der Waals surface area contributed by atoms with Crippen molar-refractivity contribution in [2.24, 2.45) is 0 Å². The maximum atomic E-state index is 12.6. The Bertz CT molecular complexity index is 820. The third-order valence-corrected chi connectivity index (χ3v) is 7.51. The van der Waals surface area contributed by atoms with E-state index in [-0.39, 0.29) is 11.9 Å². The minimum absolute atomic E-state index is 0.0411. The van der Waals surface area contributed by atoms with Gasteiger partial charge in [0.15, 0.2) is 6.04 Å². The standard InChI is InChI=1S/C23H32N4OS/c1-18(23(28)24-12-11-19-7-3-2-4-8-19)27-15-13-26(14-16-27)17-22-25-20-9-5-6-10-21(20)29-22/h5-7,9-10,18H,2-4,8,11-17H2,1H3,(H,24,28)/p+2/t18-/m0/s1. The number of rotatable bonds is 7. The van der Waals surface area contributed by atoms with Crippen LogP contribution in [-0.4, -0.2) is 49.7 Å². The molecule has 29 heavy (non-hydrogen) atoms. The van der Waals surface area contributed by atoms with Crippen LogP contribution in [0.3, 0.4) is 0 Å². The first-order valence-electron chi connectivity index (χ1n) is 11.2. The molecule has 1 aromatic heterocycles. The van der Waals surface area contributed by atoms with Crippen molar-refractivity contribution in [1.82, 2.24) is 10.3 Å². The van der Waals surface area contributed by atoms with Crippen LogP contribution in [0.5, 0.6) is 0 Å². The zero-order valence-corrected chi connectivity index (χ0v) is 18.3. The van der Waals surface area contributed by atoms with Crippen molar-refractivity contribution in [1.29, 1.82) is 0 Å². The molecular weight excluding hydrogens is 380 g/mol. The molecule has 2 heterocycles. The van der Waals surface area contributed by atoms with Crippen LogP contribution in [0.15, 0.2) is 35.9 Å². The molecule has 0 spiro atoms. The molecule has 6 heteroatoms. The zero-order chi connectivity index (χ0) is 20.1. The highest BCUT2D eigenvalue weighted by Crippen LogP contribution is 2.21. The van der Waals surface area contributed by atoms with Gasteiger partial charge < -0.3 is 15.1 Å². The molecule has 1 atom stereocenters. The molecule has 1 saturated heterocycles. The third-order valence-electron chi connectivity index (χ3n) is 6.47. The number of thiazole rings is 1. The Balaban J connectivity index is 1.20. The number of fused-ring (bicyclic) bond motifs is 1. The topological polar surface area (TPSA) is 50.9 Å². The van der Waals surface area contributed by atoms with Crippen LogP contribution in [0.25, 0.3) is 10.2 Å². The molecule has 156 valence electrons. The van der Waals surface area contributed by atoms with E-state index in [1.54, 1.807) is 4.90 Å². The van der Waals surface area contributed by atoms with E-state index < -0.39 is 0 Å². The average Bonchev–Trinajstić information content (AvgIpc) is 3.17. The van der Waals surface area contributed by atoms with Crippen molar-refractivity contribution in [3.63, 3.8) is 0 Å². The number of amides is 1. The highest BCUT2D eigenvalue weighted by Gasteiger charge is 2.31. The fourth-order valence-electron chi connectivity index (χ4n) is 4.56. The monoisotopic (exact) mass is 414 g/mol. The Morgan fingerprint density at radius 2 is 2.03 bits per heavy atom. The molecule has 0 unspecified atom stereocenters. The summed E-state index contributed by atoms with van der Waals surface area (Å²) in [6, 6.07) is 8.42. The van der Waals surface area contributed by atoms with E-state index in [0.29, 0.717) is 0 Å². The largest absolute Gasteiger partial charge is 0.351 e. The van der Waals surface area contributed by atoms with Crippen LogP contribution in [0, 0.1) is 0 Å². The summed E-state index contributed by atoms with van der Waals surface area (Å²) in [6.07, 6.45) is 8.46. The van der Waals surface area contributed by atoms with Gasteiger partial charge in [0.1, 0.15) is 37.7 Å². The molecule has 1 aromatic carbocycles. The summed E-state index contributed by atoms with van der Waals surface area (Å²) in [5.41, 5.74) is 2.65. The first-order chi connectivity index (χ1) is 14.2. The lowest BCUT2D eigenvalue weighted by Gasteiger charge is -2.32. The van der Waals surface area contributed by atoms with Crippen molar-refractivity contribution in [2.45, 2.75) is 51.6 Å². The molecule has 0 radical (unpaired) electrons. The number of hydrogen-bond acceptors (Lipinski definition) is 3. The summed E-state index contributed by atoms with van der Waals surface area (Å²) in [5, 5.41) is 4.41. The number of carbonyl (C=O) groups excluding carboxylic acids is 1. The predicted molar refractivity (Wildman–Crippen MR) is 118 cm³/mol. The molecule has 2 aromatic rings. The van der Waals surface area contributed by atoms with Gasteiger partial charge in [-0.1, -0.05) is 23.8 Å². The second-order valence-corrected chi connectivity index (χ2v) is 9.65. The van der Waals surface area contributed by atoms with E-state index >= 15 is 0 Å². The second kappa shape index (κ2) is 9.83. The first kappa shape index (κ1) is 20.5. The van der Waals surface area contributed by atoms with Crippen molar-refractivity contribution in [2.75, 3.05) is 32.7 Å². The maximum absolute atomic E-state index is 12.6. The SMILES string of the molecule is C[C@@H](C(=O)NCCC1=CCCCC1)[NH+]1CC[NH+](Cc2nc3ccccc3s2)CC1.